The van der Waals surface area contributed by atoms with Crippen LogP contribution in [0.1, 0.15) is 47.0 Å². The van der Waals surface area contributed by atoms with Gasteiger partial charge in [0.1, 0.15) is 11.3 Å². The minimum atomic E-state index is -0.833. The highest BCUT2D eigenvalue weighted by Crippen LogP contribution is 2.21. The van der Waals surface area contributed by atoms with Gasteiger partial charge in [-0.3, -0.25) is 9.59 Å². The lowest BCUT2D eigenvalue weighted by atomic mass is 9.97. The first-order valence-corrected chi connectivity index (χ1v) is 11.2. The number of rotatable bonds is 5. The van der Waals surface area contributed by atoms with E-state index in [0.717, 1.165) is 31.7 Å². The molecule has 8 nitrogen and oxygen atoms in total. The molecule has 2 aromatic heterocycles. The van der Waals surface area contributed by atoms with Crippen LogP contribution >= 0.6 is 0 Å². The number of hydrogen-bond donors (Lipinski definition) is 3. The molecule has 0 saturated carbocycles. The number of para-hydroxylation sites is 1. The average Bonchev–Trinajstić information content (AvgIpc) is 3.20. The smallest absolute Gasteiger partial charge is 0.349 e. The van der Waals surface area contributed by atoms with Crippen LogP contribution in [0.3, 0.4) is 0 Å². The van der Waals surface area contributed by atoms with E-state index >= 15 is 0 Å². The van der Waals surface area contributed by atoms with Gasteiger partial charge in [-0.1, -0.05) is 18.2 Å². The van der Waals surface area contributed by atoms with Gasteiger partial charge >= 0.3 is 5.63 Å². The van der Waals surface area contributed by atoms with Crippen molar-refractivity contribution in [3.8, 4) is 0 Å². The second-order valence-corrected chi connectivity index (χ2v) is 8.43. The van der Waals surface area contributed by atoms with Gasteiger partial charge in [0.25, 0.3) is 11.9 Å². The van der Waals surface area contributed by atoms with Crippen LogP contribution in [-0.2, 0) is 17.6 Å². The molecule has 0 spiro atoms. The van der Waals surface area contributed by atoms with Crippen LogP contribution in [0.4, 0.5) is 0 Å². The molecule has 3 aromatic rings. The van der Waals surface area contributed by atoms with Gasteiger partial charge < -0.3 is 25.1 Å². The average molecular weight is 454 g/mol. The number of fused-ring (bicyclic) bond motifs is 1. The maximum atomic E-state index is 12.9. The summed E-state index contributed by atoms with van der Waals surface area (Å²) in [7, 11) is 0. The molecule has 176 valence electrons. The Morgan fingerprint density at radius 1 is 1.27 bits per heavy atom. The first-order valence-electron chi connectivity index (χ1n) is 11.2. The zero-order valence-corrected chi connectivity index (χ0v) is 19.1. The van der Waals surface area contributed by atoms with E-state index in [0.29, 0.717) is 43.3 Å². The fraction of sp³-hybridized carbons (Fsp3) is 0.400. The second-order valence-electron chi connectivity index (χ2n) is 8.43. The van der Waals surface area contributed by atoms with Crippen molar-refractivity contribution in [3.63, 3.8) is 0 Å². The first-order chi connectivity index (χ1) is 15.8. The highest BCUT2D eigenvalue weighted by Gasteiger charge is 2.27. The van der Waals surface area contributed by atoms with E-state index in [2.05, 4.69) is 11.1 Å². The molecule has 1 aromatic carbocycles. The number of nitrogens with one attached hydrogen (secondary N) is 1. The van der Waals surface area contributed by atoms with E-state index in [-0.39, 0.29) is 11.5 Å². The first kappa shape index (κ1) is 24.3. The normalized spacial score (nSPS) is 15.7. The number of nitrogens with zero attached hydrogens (tertiary/aromatic N) is 1. The summed E-state index contributed by atoms with van der Waals surface area (Å²) in [6.07, 6.45) is 5.30. The minimum Gasteiger partial charge on any atom is -0.481 e. The molecule has 1 fully saturated rings. The SMILES string of the molecule is CC(=O)O.Cc1cc(CCc2c[nH]c3ccccc23)oc(=O)c1C(=O)N1CCCC(CN)C1. The van der Waals surface area contributed by atoms with E-state index in [9.17, 15) is 9.59 Å². The number of carboxylic acids is 1. The van der Waals surface area contributed by atoms with Crippen molar-refractivity contribution in [3.05, 3.63) is 69.4 Å². The van der Waals surface area contributed by atoms with Crippen molar-refractivity contribution in [1.82, 2.24) is 9.88 Å². The summed E-state index contributed by atoms with van der Waals surface area (Å²) in [6, 6.07) is 9.96. The number of nitrogens with two attached hydrogens (primary N) is 1. The Balaban J connectivity index is 0.000000709. The fourth-order valence-corrected chi connectivity index (χ4v) is 4.25. The van der Waals surface area contributed by atoms with Gasteiger partial charge in [-0.05, 0) is 61.9 Å². The predicted octanol–water partition coefficient (Wildman–Crippen LogP) is 3.12. The quantitative estimate of drug-likeness (QED) is 0.544. The number of carbonyl (C=O) groups excluding carboxylic acids is 1. The zero-order valence-electron chi connectivity index (χ0n) is 19.1. The molecule has 4 rings (SSSR count). The topological polar surface area (TPSA) is 130 Å². The van der Waals surface area contributed by atoms with Gasteiger partial charge in [-0.2, -0.15) is 0 Å². The van der Waals surface area contributed by atoms with Crippen LogP contribution in [0.25, 0.3) is 10.9 Å². The molecule has 1 aliphatic heterocycles. The Bertz CT molecular complexity index is 1180. The second kappa shape index (κ2) is 11.0. The van der Waals surface area contributed by atoms with Crippen molar-refractivity contribution < 1.29 is 19.1 Å². The zero-order chi connectivity index (χ0) is 24.0. The Morgan fingerprint density at radius 2 is 2.00 bits per heavy atom. The molecular formula is C25H31N3O5. The van der Waals surface area contributed by atoms with Crippen LogP contribution in [0, 0.1) is 12.8 Å². The van der Waals surface area contributed by atoms with Gasteiger partial charge in [-0.25, -0.2) is 4.79 Å². The van der Waals surface area contributed by atoms with Crippen LogP contribution in [0.2, 0.25) is 0 Å². The molecule has 1 saturated heterocycles. The van der Waals surface area contributed by atoms with Crippen molar-refractivity contribution in [1.29, 1.82) is 0 Å². The molecule has 0 radical (unpaired) electrons. The Labute approximate surface area is 192 Å². The minimum absolute atomic E-state index is 0.151. The summed E-state index contributed by atoms with van der Waals surface area (Å²) in [5.41, 5.74) is 8.33. The number of carbonyl (C=O) groups is 2. The summed E-state index contributed by atoms with van der Waals surface area (Å²) in [6.45, 7) is 4.72. The third-order valence-corrected chi connectivity index (χ3v) is 5.87. The number of amides is 1. The molecule has 1 amide bonds. The number of carboxylic acid groups (broad SMARTS) is 1. The number of aliphatic carboxylic acids is 1. The standard InChI is InChI=1S/C23H27N3O3.C2H4O2/c1-15-11-18(9-8-17-13-25-20-7-3-2-6-19(17)20)29-23(28)21(15)22(27)26-10-4-5-16(12-24)14-26;1-2(3)4/h2-3,6-7,11,13,16,25H,4-5,8-10,12,14,24H2,1H3;1H3,(H,3,4). The number of aromatic amines is 1. The fourth-order valence-electron chi connectivity index (χ4n) is 4.25. The summed E-state index contributed by atoms with van der Waals surface area (Å²) >= 11 is 0. The third kappa shape index (κ3) is 6.10. The van der Waals surface area contributed by atoms with E-state index in [1.165, 1.54) is 10.9 Å². The molecule has 0 bridgehead atoms. The van der Waals surface area contributed by atoms with Gasteiger partial charge in [0.15, 0.2) is 0 Å². The van der Waals surface area contributed by atoms with Crippen LogP contribution < -0.4 is 11.4 Å². The molecule has 1 unspecified atom stereocenters. The molecule has 33 heavy (non-hydrogen) atoms. The van der Waals surface area contributed by atoms with Gasteiger partial charge in [0, 0.05) is 43.5 Å². The monoisotopic (exact) mass is 453 g/mol. The van der Waals surface area contributed by atoms with E-state index in [1.54, 1.807) is 4.90 Å². The van der Waals surface area contributed by atoms with Gasteiger partial charge in [0.05, 0.1) is 0 Å². The molecule has 0 aliphatic carbocycles. The van der Waals surface area contributed by atoms with Crippen molar-refractivity contribution in [2.75, 3.05) is 19.6 Å². The maximum Gasteiger partial charge on any atom is 0.349 e. The predicted molar refractivity (Wildman–Crippen MR) is 126 cm³/mol. The summed E-state index contributed by atoms with van der Waals surface area (Å²) in [5, 5.41) is 8.60. The third-order valence-electron chi connectivity index (χ3n) is 5.87. The number of piperidine rings is 1. The summed E-state index contributed by atoms with van der Waals surface area (Å²) in [5.74, 6) is -0.166. The van der Waals surface area contributed by atoms with Gasteiger partial charge in [0.2, 0.25) is 0 Å². The van der Waals surface area contributed by atoms with Crippen LogP contribution in [-0.4, -0.2) is 46.5 Å². The number of aryl methyl sites for hydroxylation is 3. The Hall–Kier alpha value is -3.39. The Morgan fingerprint density at radius 3 is 2.70 bits per heavy atom. The lowest BCUT2D eigenvalue weighted by molar-refractivity contribution is -0.134. The summed E-state index contributed by atoms with van der Waals surface area (Å²) in [4.78, 5) is 39.6. The number of hydrogen-bond acceptors (Lipinski definition) is 5. The van der Waals surface area contributed by atoms with Crippen molar-refractivity contribution in [2.24, 2.45) is 11.7 Å². The maximum absolute atomic E-state index is 12.9. The lowest BCUT2D eigenvalue weighted by Gasteiger charge is -2.32. The number of benzene rings is 1. The Kier molecular flexibility index (Phi) is 8.06. The number of likely N-dealkylation sites (tertiary alicyclic amines) is 1. The molecule has 3 heterocycles. The van der Waals surface area contributed by atoms with E-state index < -0.39 is 11.6 Å². The summed E-state index contributed by atoms with van der Waals surface area (Å²) < 4.78 is 5.53. The molecule has 4 N–H and O–H groups in total. The number of aromatic nitrogens is 1. The molecule has 1 atom stereocenters. The van der Waals surface area contributed by atoms with Crippen LogP contribution in [0.15, 0.2) is 45.7 Å². The number of H-pyrrole nitrogens is 1. The van der Waals surface area contributed by atoms with E-state index in [1.807, 2.05) is 37.4 Å². The lowest BCUT2D eigenvalue weighted by Crippen LogP contribution is -2.43. The molecule has 1 aliphatic rings. The van der Waals surface area contributed by atoms with Crippen molar-refractivity contribution in [2.45, 2.75) is 39.5 Å². The largest absolute Gasteiger partial charge is 0.481 e. The van der Waals surface area contributed by atoms with Gasteiger partial charge in [-0.15, -0.1) is 0 Å². The van der Waals surface area contributed by atoms with Crippen molar-refractivity contribution >= 4 is 22.8 Å². The highest BCUT2D eigenvalue weighted by atomic mass is 16.4. The van der Waals surface area contributed by atoms with Crippen LogP contribution in [0.5, 0.6) is 0 Å². The van der Waals surface area contributed by atoms with E-state index in [4.69, 9.17) is 20.1 Å². The molecular weight excluding hydrogens is 422 g/mol. The molecule has 8 heteroatoms. The highest BCUT2D eigenvalue weighted by molar-refractivity contribution is 5.95.